The highest BCUT2D eigenvalue weighted by Gasteiger charge is 2.34. The highest BCUT2D eigenvalue weighted by atomic mass is 35.6. The van der Waals surface area contributed by atoms with E-state index in [9.17, 15) is 4.79 Å². The van der Waals surface area contributed by atoms with Crippen molar-refractivity contribution >= 4 is 81.2 Å². The number of hydrogen-bond donors (Lipinski definition) is 1. The van der Waals surface area contributed by atoms with Crippen molar-refractivity contribution in [1.82, 2.24) is 15.0 Å². The van der Waals surface area contributed by atoms with Crippen LogP contribution in [0.1, 0.15) is 60.2 Å². The molecule has 3 aromatic rings. The molecule has 0 fully saturated rings. The minimum absolute atomic E-state index is 0.148. The Bertz CT molecular complexity index is 1110. The third-order valence-electron chi connectivity index (χ3n) is 5.08. The smallest absolute Gasteiger partial charge is 0.255 e. The molecule has 5 nitrogen and oxygen atoms in total. The zero-order valence-corrected chi connectivity index (χ0v) is 23.2. The van der Waals surface area contributed by atoms with Gasteiger partial charge < -0.3 is 5.32 Å². The summed E-state index contributed by atoms with van der Waals surface area (Å²) in [5.41, 5.74) is 2.93. The molecule has 2 aromatic carbocycles. The van der Waals surface area contributed by atoms with Gasteiger partial charge in [-0.15, -0.1) is 0 Å². The van der Waals surface area contributed by atoms with Crippen LogP contribution < -0.4 is 5.32 Å². The molecule has 0 bridgehead atoms. The zero-order valence-electron chi connectivity index (χ0n) is 18.7. The summed E-state index contributed by atoms with van der Waals surface area (Å²) in [6.45, 7) is 2.19. The van der Waals surface area contributed by atoms with Crippen molar-refractivity contribution in [2.75, 3.05) is 5.32 Å². The first kappa shape index (κ1) is 28.2. The second kappa shape index (κ2) is 12.3. The van der Waals surface area contributed by atoms with Crippen LogP contribution in [0.3, 0.4) is 0 Å². The number of aromatic nitrogens is 3. The Balaban J connectivity index is 1.72. The number of alkyl halides is 6. The van der Waals surface area contributed by atoms with E-state index >= 15 is 0 Å². The molecule has 0 saturated heterocycles. The molecule has 0 spiro atoms. The van der Waals surface area contributed by atoms with Crippen LogP contribution in [-0.2, 0) is 14.0 Å². The summed E-state index contributed by atoms with van der Waals surface area (Å²) in [5, 5.41) is 2.87. The summed E-state index contributed by atoms with van der Waals surface area (Å²) in [5.74, 6) is -0.428. The van der Waals surface area contributed by atoms with E-state index in [2.05, 4.69) is 27.2 Å². The van der Waals surface area contributed by atoms with Gasteiger partial charge >= 0.3 is 0 Å². The minimum Gasteiger partial charge on any atom is -0.322 e. The number of unbranched alkanes of at least 4 members (excludes halogenated alkanes) is 3. The van der Waals surface area contributed by atoms with Gasteiger partial charge in [0.15, 0.2) is 17.5 Å². The summed E-state index contributed by atoms with van der Waals surface area (Å²) < 4.78 is -3.89. The Morgan fingerprint density at radius 3 is 1.86 bits per heavy atom. The largest absolute Gasteiger partial charge is 0.322 e. The van der Waals surface area contributed by atoms with Crippen LogP contribution in [-0.4, -0.2) is 20.9 Å². The second-order valence-electron chi connectivity index (χ2n) is 7.84. The lowest BCUT2D eigenvalue weighted by atomic mass is 10.0. The molecule has 0 aliphatic rings. The Morgan fingerprint density at radius 1 is 0.771 bits per heavy atom. The lowest BCUT2D eigenvalue weighted by Gasteiger charge is -2.15. The highest BCUT2D eigenvalue weighted by molar-refractivity contribution is 6.67. The van der Waals surface area contributed by atoms with E-state index in [4.69, 9.17) is 69.6 Å². The molecule has 0 unspecified atom stereocenters. The standard InChI is InChI=1S/C24H22Cl6N4O/c1-2-3-4-5-6-15-7-9-17(10-8-15)20(35)31-18-13-11-16(12-14-18)19-32-21(23(25,26)27)34-22(33-19)24(28,29)30/h7-14H,2-6H2,1H3,(H,31,35). The Morgan fingerprint density at radius 2 is 1.34 bits per heavy atom. The van der Waals surface area contributed by atoms with Crippen molar-refractivity contribution < 1.29 is 4.79 Å². The van der Waals surface area contributed by atoms with Gasteiger partial charge in [-0.2, -0.15) is 0 Å². The molecule has 3 rings (SSSR count). The Labute approximate surface area is 234 Å². The van der Waals surface area contributed by atoms with E-state index in [0.29, 0.717) is 16.8 Å². The van der Waals surface area contributed by atoms with Gasteiger partial charge in [-0.3, -0.25) is 4.79 Å². The van der Waals surface area contributed by atoms with Crippen molar-refractivity contribution in [1.29, 1.82) is 0 Å². The van der Waals surface area contributed by atoms with Crippen molar-refractivity contribution in [3.05, 3.63) is 71.3 Å². The normalized spacial score (nSPS) is 12.0. The summed E-state index contributed by atoms with van der Waals surface area (Å²) >= 11 is 35.6. The number of anilines is 1. The van der Waals surface area contributed by atoms with E-state index in [1.165, 1.54) is 24.8 Å². The number of amides is 1. The van der Waals surface area contributed by atoms with Crippen LogP contribution in [0.25, 0.3) is 11.4 Å². The topological polar surface area (TPSA) is 67.8 Å². The number of carbonyl (C=O) groups is 1. The molecule has 0 saturated carbocycles. The molecule has 11 heteroatoms. The van der Waals surface area contributed by atoms with Crippen LogP contribution >= 0.6 is 69.6 Å². The van der Waals surface area contributed by atoms with Crippen LogP contribution in [0.4, 0.5) is 5.69 Å². The molecule has 0 aliphatic carbocycles. The molecule has 186 valence electrons. The van der Waals surface area contributed by atoms with Gasteiger partial charge in [-0.25, -0.2) is 15.0 Å². The summed E-state index contributed by atoms with van der Waals surface area (Å²) in [6, 6.07) is 14.4. The molecule has 1 N–H and O–H groups in total. The van der Waals surface area contributed by atoms with Crippen molar-refractivity contribution in [2.45, 2.75) is 46.6 Å². The van der Waals surface area contributed by atoms with Crippen LogP contribution in [0.15, 0.2) is 48.5 Å². The first-order valence-electron chi connectivity index (χ1n) is 10.9. The lowest BCUT2D eigenvalue weighted by molar-refractivity contribution is 0.102. The molecule has 35 heavy (non-hydrogen) atoms. The molecule has 0 aliphatic heterocycles. The third-order valence-corrected chi connectivity index (χ3v) is 6.09. The number of nitrogens with zero attached hydrogens (tertiary/aromatic N) is 3. The van der Waals surface area contributed by atoms with Gasteiger partial charge in [0.05, 0.1) is 0 Å². The molecule has 0 radical (unpaired) electrons. The fourth-order valence-corrected chi connectivity index (χ4v) is 3.75. The number of aryl methyl sites for hydroxylation is 1. The maximum absolute atomic E-state index is 12.7. The maximum Gasteiger partial charge on any atom is 0.255 e. The first-order valence-corrected chi connectivity index (χ1v) is 13.2. The van der Waals surface area contributed by atoms with Gasteiger partial charge in [0.1, 0.15) is 0 Å². The molecule has 1 heterocycles. The van der Waals surface area contributed by atoms with Gasteiger partial charge in [0, 0.05) is 16.8 Å². The Hall–Kier alpha value is -1.34. The minimum atomic E-state index is -1.94. The van der Waals surface area contributed by atoms with Crippen LogP contribution in [0.5, 0.6) is 0 Å². The molecule has 1 amide bonds. The number of hydrogen-bond acceptors (Lipinski definition) is 4. The Kier molecular flexibility index (Phi) is 9.90. The third kappa shape index (κ3) is 8.34. The van der Waals surface area contributed by atoms with Gasteiger partial charge in [0.2, 0.25) is 7.59 Å². The zero-order chi connectivity index (χ0) is 25.6. The van der Waals surface area contributed by atoms with E-state index < -0.39 is 7.59 Å². The maximum atomic E-state index is 12.7. The first-order chi connectivity index (χ1) is 16.5. The SMILES string of the molecule is CCCCCCc1ccc(C(=O)Nc2ccc(-c3nc(C(Cl)(Cl)Cl)nc(C(Cl)(Cl)Cl)n3)cc2)cc1. The second-order valence-corrected chi connectivity index (χ2v) is 12.4. The predicted octanol–water partition coefficient (Wildman–Crippen LogP) is 8.57. The lowest BCUT2D eigenvalue weighted by Crippen LogP contribution is -2.16. The number of benzene rings is 2. The summed E-state index contributed by atoms with van der Waals surface area (Å²) in [7, 11) is 0. The van der Waals surface area contributed by atoms with Gasteiger partial charge in [-0.1, -0.05) is 108 Å². The van der Waals surface area contributed by atoms with Gasteiger partial charge in [-0.05, 0) is 54.8 Å². The molecular formula is C24H22Cl6N4O. The molecule has 1 aromatic heterocycles. The number of nitrogens with one attached hydrogen (secondary N) is 1. The fraction of sp³-hybridized carbons (Fsp3) is 0.333. The number of carbonyl (C=O) groups excluding carboxylic acids is 1. The average Bonchev–Trinajstić information content (AvgIpc) is 2.81. The van der Waals surface area contributed by atoms with E-state index in [1.54, 1.807) is 24.3 Å². The van der Waals surface area contributed by atoms with E-state index in [-0.39, 0.29) is 23.4 Å². The molecule has 0 atom stereocenters. The summed E-state index contributed by atoms with van der Waals surface area (Å²) in [4.78, 5) is 25.0. The predicted molar refractivity (Wildman–Crippen MR) is 146 cm³/mol. The van der Waals surface area contributed by atoms with E-state index in [1.807, 2.05) is 24.3 Å². The average molecular weight is 595 g/mol. The number of halogens is 6. The van der Waals surface area contributed by atoms with E-state index in [0.717, 1.165) is 12.8 Å². The van der Waals surface area contributed by atoms with Gasteiger partial charge in [0.25, 0.3) is 5.91 Å². The monoisotopic (exact) mass is 592 g/mol. The molecular weight excluding hydrogens is 573 g/mol. The van der Waals surface area contributed by atoms with Crippen LogP contribution in [0.2, 0.25) is 0 Å². The van der Waals surface area contributed by atoms with Crippen LogP contribution in [0, 0.1) is 0 Å². The highest BCUT2D eigenvalue weighted by Crippen LogP contribution is 2.40. The fourth-order valence-electron chi connectivity index (χ4n) is 3.24. The quantitative estimate of drug-likeness (QED) is 0.209. The van der Waals surface area contributed by atoms with Crippen molar-refractivity contribution in [2.24, 2.45) is 0 Å². The van der Waals surface area contributed by atoms with Crippen molar-refractivity contribution in [3.63, 3.8) is 0 Å². The number of rotatable bonds is 8. The summed E-state index contributed by atoms with van der Waals surface area (Å²) in [6.07, 6.45) is 5.84. The van der Waals surface area contributed by atoms with Crippen molar-refractivity contribution in [3.8, 4) is 11.4 Å².